The van der Waals surface area contributed by atoms with Gasteiger partial charge in [0.2, 0.25) is 0 Å². The molecule has 3 nitrogen and oxygen atoms in total. The quantitative estimate of drug-likeness (QED) is 0.830. The lowest BCUT2D eigenvalue weighted by molar-refractivity contribution is 0.326. The standard InChI is InChI=1S/C15H26BrN3/c1-5-12-14(16)13(19(6-2)18-12)9-15(3,4)10-17-11-7-8-11/h11,17H,5-10H2,1-4H3. The van der Waals surface area contributed by atoms with Crippen molar-refractivity contribution in [3.05, 3.63) is 15.9 Å². The predicted octanol–water partition coefficient (Wildman–Crippen LogP) is 3.55. The highest BCUT2D eigenvalue weighted by Gasteiger charge is 2.27. The molecular formula is C15H26BrN3. The number of halogens is 1. The maximum atomic E-state index is 4.69. The first-order valence-corrected chi connectivity index (χ1v) is 8.23. The fourth-order valence-corrected chi connectivity index (χ4v) is 3.11. The largest absolute Gasteiger partial charge is 0.313 e. The number of aryl methyl sites for hydroxylation is 2. The van der Waals surface area contributed by atoms with Crippen molar-refractivity contribution in [1.82, 2.24) is 15.1 Å². The van der Waals surface area contributed by atoms with Gasteiger partial charge in [-0.2, -0.15) is 5.10 Å². The summed E-state index contributed by atoms with van der Waals surface area (Å²) in [5, 5.41) is 8.34. The summed E-state index contributed by atoms with van der Waals surface area (Å²) < 4.78 is 3.37. The first-order valence-electron chi connectivity index (χ1n) is 7.44. The average molecular weight is 328 g/mol. The molecule has 0 amide bonds. The van der Waals surface area contributed by atoms with Gasteiger partial charge < -0.3 is 5.32 Å². The van der Waals surface area contributed by atoms with Crippen molar-refractivity contribution < 1.29 is 0 Å². The Morgan fingerprint density at radius 2 is 2.05 bits per heavy atom. The van der Waals surface area contributed by atoms with Crippen LogP contribution in [-0.4, -0.2) is 22.4 Å². The number of hydrogen-bond acceptors (Lipinski definition) is 2. The van der Waals surface area contributed by atoms with Gasteiger partial charge in [0.25, 0.3) is 0 Å². The molecule has 2 rings (SSSR count). The van der Waals surface area contributed by atoms with Crippen LogP contribution in [0.1, 0.15) is 51.9 Å². The number of rotatable bonds is 7. The summed E-state index contributed by atoms with van der Waals surface area (Å²) in [6.45, 7) is 11.0. The monoisotopic (exact) mass is 327 g/mol. The molecule has 0 spiro atoms. The lowest BCUT2D eigenvalue weighted by Crippen LogP contribution is -2.33. The smallest absolute Gasteiger partial charge is 0.0766 e. The zero-order valence-corrected chi connectivity index (χ0v) is 14.2. The third-order valence-electron chi connectivity index (χ3n) is 3.79. The van der Waals surface area contributed by atoms with Crippen LogP contribution >= 0.6 is 15.9 Å². The van der Waals surface area contributed by atoms with Crippen molar-refractivity contribution in [3.8, 4) is 0 Å². The molecule has 0 aliphatic heterocycles. The van der Waals surface area contributed by atoms with Gasteiger partial charge in [0, 0.05) is 19.1 Å². The van der Waals surface area contributed by atoms with Crippen molar-refractivity contribution >= 4 is 15.9 Å². The molecule has 4 heteroatoms. The fourth-order valence-electron chi connectivity index (χ4n) is 2.41. The van der Waals surface area contributed by atoms with Gasteiger partial charge in [-0.25, -0.2) is 0 Å². The van der Waals surface area contributed by atoms with Crippen molar-refractivity contribution in [2.45, 2.75) is 66.0 Å². The second kappa shape index (κ2) is 5.96. The van der Waals surface area contributed by atoms with Crippen LogP contribution in [0.15, 0.2) is 4.47 Å². The second-order valence-corrected chi connectivity index (χ2v) is 7.17. The molecule has 0 atom stereocenters. The Labute approximate surface area is 125 Å². The minimum absolute atomic E-state index is 0.267. The summed E-state index contributed by atoms with van der Waals surface area (Å²) >= 11 is 3.74. The molecule has 1 N–H and O–H groups in total. The fraction of sp³-hybridized carbons (Fsp3) is 0.800. The van der Waals surface area contributed by atoms with E-state index in [4.69, 9.17) is 0 Å². The van der Waals surface area contributed by atoms with Gasteiger partial charge in [-0.1, -0.05) is 20.8 Å². The number of nitrogens with zero attached hydrogens (tertiary/aromatic N) is 2. The molecule has 0 unspecified atom stereocenters. The van der Waals surface area contributed by atoms with Gasteiger partial charge in [0.15, 0.2) is 0 Å². The molecule has 1 heterocycles. The maximum Gasteiger partial charge on any atom is 0.0766 e. The molecule has 0 saturated heterocycles. The van der Waals surface area contributed by atoms with Crippen LogP contribution in [0, 0.1) is 5.41 Å². The SMILES string of the molecule is CCc1nn(CC)c(CC(C)(C)CNC2CC2)c1Br. The summed E-state index contributed by atoms with van der Waals surface area (Å²) in [6.07, 6.45) is 4.76. The molecule has 19 heavy (non-hydrogen) atoms. The van der Waals surface area contributed by atoms with Crippen LogP contribution < -0.4 is 5.32 Å². The number of hydrogen-bond donors (Lipinski definition) is 1. The summed E-state index contributed by atoms with van der Waals surface area (Å²) in [7, 11) is 0. The van der Waals surface area contributed by atoms with E-state index in [2.05, 4.69) is 58.7 Å². The van der Waals surface area contributed by atoms with Crippen LogP contribution in [-0.2, 0) is 19.4 Å². The van der Waals surface area contributed by atoms with Crippen molar-refractivity contribution in [1.29, 1.82) is 0 Å². The third kappa shape index (κ3) is 3.82. The Morgan fingerprint density at radius 1 is 1.37 bits per heavy atom. The molecule has 1 aliphatic rings. The summed E-state index contributed by atoms with van der Waals surface area (Å²) in [5.41, 5.74) is 2.80. The van der Waals surface area contributed by atoms with Crippen LogP contribution in [0.2, 0.25) is 0 Å². The molecule has 108 valence electrons. The highest BCUT2D eigenvalue weighted by Crippen LogP contribution is 2.30. The first kappa shape index (κ1) is 15.0. The summed E-state index contributed by atoms with van der Waals surface area (Å²) in [6, 6.07) is 0.782. The number of nitrogens with one attached hydrogen (secondary N) is 1. The van der Waals surface area contributed by atoms with E-state index in [1.54, 1.807) is 0 Å². The second-order valence-electron chi connectivity index (χ2n) is 6.37. The van der Waals surface area contributed by atoms with Gasteiger partial charge in [-0.05, 0) is 54.0 Å². The molecular weight excluding hydrogens is 302 g/mol. The average Bonchev–Trinajstić information content (AvgIpc) is 3.15. The Bertz CT molecular complexity index is 433. The highest BCUT2D eigenvalue weighted by molar-refractivity contribution is 9.10. The Hall–Kier alpha value is -0.350. The topological polar surface area (TPSA) is 29.9 Å². The first-order chi connectivity index (χ1) is 8.96. The predicted molar refractivity (Wildman–Crippen MR) is 83.5 cm³/mol. The van der Waals surface area contributed by atoms with Crippen LogP contribution in [0.3, 0.4) is 0 Å². The summed E-state index contributed by atoms with van der Waals surface area (Å²) in [5.74, 6) is 0. The minimum atomic E-state index is 0.267. The van der Waals surface area contributed by atoms with Crippen LogP contribution in [0.5, 0.6) is 0 Å². The van der Waals surface area contributed by atoms with Gasteiger partial charge in [0.1, 0.15) is 0 Å². The van der Waals surface area contributed by atoms with Crippen LogP contribution in [0.25, 0.3) is 0 Å². The van der Waals surface area contributed by atoms with Crippen molar-refractivity contribution in [2.75, 3.05) is 6.54 Å². The number of aromatic nitrogens is 2. The van der Waals surface area contributed by atoms with Gasteiger partial charge in [-0.15, -0.1) is 0 Å². The van der Waals surface area contributed by atoms with Crippen molar-refractivity contribution in [3.63, 3.8) is 0 Å². The van der Waals surface area contributed by atoms with E-state index in [0.29, 0.717) is 0 Å². The third-order valence-corrected chi connectivity index (χ3v) is 4.70. The molecule has 0 aromatic carbocycles. The highest BCUT2D eigenvalue weighted by atomic mass is 79.9. The lowest BCUT2D eigenvalue weighted by Gasteiger charge is -2.25. The minimum Gasteiger partial charge on any atom is -0.313 e. The van der Waals surface area contributed by atoms with E-state index >= 15 is 0 Å². The molecule has 1 aliphatic carbocycles. The molecule has 1 fully saturated rings. The molecule has 1 aromatic rings. The maximum absolute atomic E-state index is 4.69. The normalized spacial score (nSPS) is 16.1. The van der Waals surface area contributed by atoms with E-state index in [-0.39, 0.29) is 5.41 Å². The zero-order valence-electron chi connectivity index (χ0n) is 12.6. The van der Waals surface area contributed by atoms with Crippen molar-refractivity contribution in [2.24, 2.45) is 5.41 Å². The van der Waals surface area contributed by atoms with E-state index in [1.165, 1.54) is 28.7 Å². The summed E-state index contributed by atoms with van der Waals surface area (Å²) in [4.78, 5) is 0. The van der Waals surface area contributed by atoms with E-state index < -0.39 is 0 Å². The Morgan fingerprint density at radius 3 is 2.58 bits per heavy atom. The molecule has 0 radical (unpaired) electrons. The molecule has 1 aromatic heterocycles. The van der Waals surface area contributed by atoms with Gasteiger partial charge in [0.05, 0.1) is 15.9 Å². The van der Waals surface area contributed by atoms with Gasteiger partial charge in [-0.3, -0.25) is 4.68 Å². The lowest BCUT2D eigenvalue weighted by atomic mass is 9.87. The zero-order chi connectivity index (χ0) is 14.0. The van der Waals surface area contributed by atoms with Crippen LogP contribution in [0.4, 0.5) is 0 Å². The Kier molecular flexibility index (Phi) is 4.72. The van der Waals surface area contributed by atoms with Gasteiger partial charge >= 0.3 is 0 Å². The van der Waals surface area contributed by atoms with E-state index in [1.807, 2.05) is 0 Å². The molecule has 1 saturated carbocycles. The van der Waals surface area contributed by atoms with E-state index in [0.717, 1.165) is 32.0 Å². The van der Waals surface area contributed by atoms with E-state index in [9.17, 15) is 0 Å². The molecule has 0 bridgehead atoms. The Balaban J connectivity index is 2.09.